The Morgan fingerprint density at radius 3 is 2.63 bits per heavy atom. The fraction of sp³-hybridized carbons (Fsp3) is 0.625. The van der Waals surface area contributed by atoms with Gasteiger partial charge in [-0.05, 0) is 38.0 Å². The first-order chi connectivity index (χ1) is 9.19. The first kappa shape index (κ1) is 14.4. The molecule has 1 fully saturated rings. The highest BCUT2D eigenvalue weighted by atomic mass is 16.5. The van der Waals surface area contributed by atoms with Crippen LogP contribution in [0.4, 0.5) is 0 Å². The number of benzene rings is 1. The number of hydrogen-bond donors (Lipinski definition) is 1. The van der Waals surface area contributed by atoms with Gasteiger partial charge in [-0.2, -0.15) is 0 Å². The van der Waals surface area contributed by atoms with Gasteiger partial charge in [-0.25, -0.2) is 0 Å². The van der Waals surface area contributed by atoms with E-state index in [9.17, 15) is 0 Å². The lowest BCUT2D eigenvalue weighted by molar-refractivity contribution is -0.0425. The van der Waals surface area contributed by atoms with Crippen molar-refractivity contribution in [3.8, 4) is 5.75 Å². The molecular formula is C16H25NO2. The third-order valence-electron chi connectivity index (χ3n) is 3.29. The van der Waals surface area contributed by atoms with E-state index in [1.807, 2.05) is 26.0 Å². The van der Waals surface area contributed by atoms with Gasteiger partial charge in [-0.1, -0.05) is 25.5 Å². The molecule has 0 aromatic heterocycles. The van der Waals surface area contributed by atoms with Crippen LogP contribution < -0.4 is 10.1 Å². The van der Waals surface area contributed by atoms with Gasteiger partial charge in [-0.3, -0.25) is 0 Å². The Hall–Kier alpha value is -1.06. The molecule has 1 aliphatic heterocycles. The first-order valence-electron chi connectivity index (χ1n) is 7.31. The molecule has 0 bridgehead atoms. The molecule has 1 saturated heterocycles. The minimum absolute atomic E-state index is 0.165. The van der Waals surface area contributed by atoms with E-state index in [0.29, 0.717) is 6.10 Å². The average molecular weight is 263 g/mol. The minimum Gasteiger partial charge on any atom is -0.491 e. The van der Waals surface area contributed by atoms with Gasteiger partial charge < -0.3 is 14.8 Å². The Kier molecular flexibility index (Phi) is 5.23. The van der Waals surface area contributed by atoms with E-state index >= 15 is 0 Å². The van der Waals surface area contributed by atoms with Crippen molar-refractivity contribution in [2.45, 2.75) is 51.9 Å². The standard InChI is InChI=1S/C16H25NO2/c1-4-5-15-10-17-11-16(19-15)13-6-8-14(9-7-13)18-12(2)3/h6-9,12,15-17H,4-5,10-11H2,1-3H3. The van der Waals surface area contributed by atoms with Crippen molar-refractivity contribution in [2.75, 3.05) is 13.1 Å². The van der Waals surface area contributed by atoms with Crippen LogP contribution in [-0.4, -0.2) is 25.3 Å². The Bertz CT molecular complexity index is 373. The Balaban J connectivity index is 1.97. The van der Waals surface area contributed by atoms with Gasteiger partial charge >= 0.3 is 0 Å². The highest BCUT2D eigenvalue weighted by Crippen LogP contribution is 2.25. The summed E-state index contributed by atoms with van der Waals surface area (Å²) in [5, 5.41) is 3.46. The lowest BCUT2D eigenvalue weighted by Gasteiger charge is -2.31. The van der Waals surface area contributed by atoms with Gasteiger partial charge in [0, 0.05) is 13.1 Å². The van der Waals surface area contributed by atoms with Crippen LogP contribution >= 0.6 is 0 Å². The fourth-order valence-corrected chi connectivity index (χ4v) is 2.43. The van der Waals surface area contributed by atoms with Crippen LogP contribution in [0.3, 0.4) is 0 Å². The maximum absolute atomic E-state index is 6.13. The van der Waals surface area contributed by atoms with E-state index in [-0.39, 0.29) is 12.2 Å². The third kappa shape index (κ3) is 4.22. The van der Waals surface area contributed by atoms with Crippen LogP contribution in [0.25, 0.3) is 0 Å². The summed E-state index contributed by atoms with van der Waals surface area (Å²) in [7, 11) is 0. The summed E-state index contributed by atoms with van der Waals surface area (Å²) < 4.78 is 11.8. The van der Waals surface area contributed by atoms with Crippen LogP contribution in [0, 0.1) is 0 Å². The molecule has 2 rings (SSSR count). The fourth-order valence-electron chi connectivity index (χ4n) is 2.43. The Labute approximate surface area is 116 Å². The second-order valence-corrected chi connectivity index (χ2v) is 5.43. The largest absolute Gasteiger partial charge is 0.491 e. The molecule has 1 N–H and O–H groups in total. The second kappa shape index (κ2) is 6.92. The van der Waals surface area contributed by atoms with Crippen molar-refractivity contribution < 1.29 is 9.47 Å². The van der Waals surface area contributed by atoms with Crippen LogP contribution in [0.15, 0.2) is 24.3 Å². The lowest BCUT2D eigenvalue weighted by atomic mass is 10.1. The van der Waals surface area contributed by atoms with Crippen molar-refractivity contribution in [3.05, 3.63) is 29.8 Å². The number of morpholine rings is 1. The monoisotopic (exact) mass is 263 g/mol. The van der Waals surface area contributed by atoms with Crippen molar-refractivity contribution >= 4 is 0 Å². The molecule has 1 heterocycles. The number of rotatable bonds is 5. The summed E-state index contributed by atoms with van der Waals surface area (Å²) in [6.45, 7) is 8.14. The molecule has 0 amide bonds. The highest BCUT2D eigenvalue weighted by molar-refractivity contribution is 5.29. The molecule has 3 heteroatoms. The summed E-state index contributed by atoms with van der Waals surface area (Å²) in [4.78, 5) is 0. The van der Waals surface area contributed by atoms with E-state index in [2.05, 4.69) is 24.4 Å². The van der Waals surface area contributed by atoms with Gasteiger partial charge in [-0.15, -0.1) is 0 Å². The van der Waals surface area contributed by atoms with E-state index in [1.165, 1.54) is 12.0 Å². The van der Waals surface area contributed by atoms with Gasteiger partial charge in [0.25, 0.3) is 0 Å². The van der Waals surface area contributed by atoms with Gasteiger partial charge in [0.2, 0.25) is 0 Å². The minimum atomic E-state index is 0.165. The molecule has 2 unspecified atom stereocenters. The molecule has 0 spiro atoms. The highest BCUT2D eigenvalue weighted by Gasteiger charge is 2.22. The summed E-state index contributed by atoms with van der Waals surface area (Å²) in [6, 6.07) is 8.28. The quantitative estimate of drug-likeness (QED) is 0.884. The average Bonchev–Trinajstić information content (AvgIpc) is 2.40. The molecular weight excluding hydrogens is 238 g/mol. The first-order valence-corrected chi connectivity index (χ1v) is 7.31. The summed E-state index contributed by atoms with van der Waals surface area (Å²) >= 11 is 0. The van der Waals surface area contributed by atoms with Crippen molar-refractivity contribution in [1.29, 1.82) is 0 Å². The summed E-state index contributed by atoms with van der Waals surface area (Å²) in [5.74, 6) is 0.924. The maximum Gasteiger partial charge on any atom is 0.119 e. The van der Waals surface area contributed by atoms with Gasteiger partial charge in [0.15, 0.2) is 0 Å². The molecule has 2 atom stereocenters. The van der Waals surface area contributed by atoms with Gasteiger partial charge in [0.1, 0.15) is 5.75 Å². The third-order valence-corrected chi connectivity index (χ3v) is 3.29. The van der Waals surface area contributed by atoms with Crippen LogP contribution in [0.1, 0.15) is 45.3 Å². The molecule has 0 saturated carbocycles. The molecule has 0 aliphatic carbocycles. The zero-order valence-corrected chi connectivity index (χ0v) is 12.2. The summed E-state index contributed by atoms with van der Waals surface area (Å²) in [6.07, 6.45) is 3.01. The molecule has 106 valence electrons. The van der Waals surface area contributed by atoms with Crippen LogP contribution in [0.2, 0.25) is 0 Å². The van der Waals surface area contributed by atoms with Crippen LogP contribution in [-0.2, 0) is 4.74 Å². The zero-order chi connectivity index (χ0) is 13.7. The van der Waals surface area contributed by atoms with E-state index in [1.54, 1.807) is 0 Å². The van der Waals surface area contributed by atoms with E-state index in [0.717, 1.165) is 25.3 Å². The Morgan fingerprint density at radius 1 is 1.26 bits per heavy atom. The normalized spacial score (nSPS) is 23.6. The summed E-state index contributed by atoms with van der Waals surface area (Å²) in [5.41, 5.74) is 1.23. The maximum atomic E-state index is 6.13. The van der Waals surface area contributed by atoms with E-state index < -0.39 is 0 Å². The molecule has 1 aromatic rings. The molecule has 0 radical (unpaired) electrons. The number of nitrogens with one attached hydrogen (secondary N) is 1. The van der Waals surface area contributed by atoms with Gasteiger partial charge in [0.05, 0.1) is 18.3 Å². The van der Waals surface area contributed by atoms with Crippen LogP contribution in [0.5, 0.6) is 5.75 Å². The second-order valence-electron chi connectivity index (χ2n) is 5.43. The molecule has 3 nitrogen and oxygen atoms in total. The van der Waals surface area contributed by atoms with Crippen molar-refractivity contribution in [1.82, 2.24) is 5.32 Å². The molecule has 1 aliphatic rings. The predicted octanol–water partition coefficient (Wildman–Crippen LogP) is 3.30. The molecule has 1 aromatic carbocycles. The SMILES string of the molecule is CCCC1CNCC(c2ccc(OC(C)C)cc2)O1. The van der Waals surface area contributed by atoms with Crippen molar-refractivity contribution in [3.63, 3.8) is 0 Å². The molecule has 19 heavy (non-hydrogen) atoms. The van der Waals surface area contributed by atoms with Crippen molar-refractivity contribution in [2.24, 2.45) is 0 Å². The topological polar surface area (TPSA) is 30.5 Å². The number of ether oxygens (including phenoxy) is 2. The zero-order valence-electron chi connectivity index (χ0n) is 12.2. The number of hydrogen-bond acceptors (Lipinski definition) is 3. The predicted molar refractivity (Wildman–Crippen MR) is 77.6 cm³/mol. The smallest absolute Gasteiger partial charge is 0.119 e. The Morgan fingerprint density at radius 2 is 2.00 bits per heavy atom. The lowest BCUT2D eigenvalue weighted by Crippen LogP contribution is -2.40. The van der Waals surface area contributed by atoms with E-state index in [4.69, 9.17) is 9.47 Å².